The van der Waals surface area contributed by atoms with Crippen LogP contribution in [0.25, 0.3) is 0 Å². The van der Waals surface area contributed by atoms with Crippen molar-refractivity contribution in [3.8, 4) is 0 Å². The van der Waals surface area contributed by atoms with E-state index < -0.39 is 0 Å². The molecule has 5 nitrogen and oxygen atoms in total. The standard InChI is InChI=1S/C14H18N2O3/c1-19-10-13-3-2-6-16(13)8-11-4-5-14(15-18)12(7-11)9-17/h4-5,7,9,13H,2-3,6,8,10H2,1H3/t13-/m1/s1. The summed E-state index contributed by atoms with van der Waals surface area (Å²) in [5, 5.41) is 2.84. The second-order valence-electron chi connectivity index (χ2n) is 4.82. The molecule has 0 aliphatic carbocycles. The maximum atomic E-state index is 10.9. The summed E-state index contributed by atoms with van der Waals surface area (Å²) in [4.78, 5) is 23.8. The quantitative estimate of drug-likeness (QED) is 0.584. The first kappa shape index (κ1) is 13.8. The fourth-order valence-corrected chi connectivity index (χ4v) is 2.60. The normalized spacial score (nSPS) is 19.5. The molecule has 0 spiro atoms. The molecule has 0 radical (unpaired) electrons. The van der Waals surface area contributed by atoms with E-state index in [2.05, 4.69) is 10.1 Å². The Labute approximate surface area is 112 Å². The van der Waals surface area contributed by atoms with E-state index >= 15 is 0 Å². The summed E-state index contributed by atoms with van der Waals surface area (Å²) in [6.07, 6.45) is 2.99. The topological polar surface area (TPSA) is 59.0 Å². The van der Waals surface area contributed by atoms with Gasteiger partial charge in [-0.05, 0) is 42.3 Å². The first-order chi connectivity index (χ1) is 9.28. The Morgan fingerprint density at radius 2 is 2.37 bits per heavy atom. The van der Waals surface area contributed by atoms with Crippen LogP contribution in [0.2, 0.25) is 0 Å². The highest BCUT2D eigenvalue weighted by atomic mass is 16.5. The number of methoxy groups -OCH3 is 1. The van der Waals surface area contributed by atoms with E-state index in [1.54, 1.807) is 19.2 Å². The number of rotatable bonds is 6. The van der Waals surface area contributed by atoms with Gasteiger partial charge >= 0.3 is 0 Å². The summed E-state index contributed by atoms with van der Waals surface area (Å²) in [6.45, 7) is 2.54. The molecular formula is C14H18N2O3. The minimum atomic E-state index is 0.202. The van der Waals surface area contributed by atoms with E-state index in [9.17, 15) is 9.70 Å². The summed E-state index contributed by atoms with van der Waals surface area (Å²) in [5.41, 5.74) is 1.58. The van der Waals surface area contributed by atoms with Crippen LogP contribution < -0.4 is 0 Å². The molecular weight excluding hydrogens is 244 g/mol. The van der Waals surface area contributed by atoms with Crippen molar-refractivity contribution >= 4 is 12.0 Å². The Bertz CT molecular complexity index is 462. The zero-order chi connectivity index (χ0) is 13.7. The predicted molar refractivity (Wildman–Crippen MR) is 72.6 cm³/mol. The van der Waals surface area contributed by atoms with Crippen molar-refractivity contribution in [2.75, 3.05) is 20.3 Å². The van der Waals surface area contributed by atoms with Gasteiger partial charge in [-0.1, -0.05) is 6.07 Å². The van der Waals surface area contributed by atoms with Crippen LogP contribution in [0, 0.1) is 4.91 Å². The molecule has 1 aliphatic heterocycles. The zero-order valence-electron chi connectivity index (χ0n) is 11.0. The molecule has 5 heteroatoms. The molecule has 1 heterocycles. The van der Waals surface area contributed by atoms with Crippen LogP contribution in [0.1, 0.15) is 28.8 Å². The third-order valence-corrected chi connectivity index (χ3v) is 3.56. The molecule has 19 heavy (non-hydrogen) atoms. The third kappa shape index (κ3) is 3.24. The Kier molecular flexibility index (Phi) is 4.76. The van der Waals surface area contributed by atoms with Crippen LogP contribution in [0.15, 0.2) is 23.4 Å². The largest absolute Gasteiger partial charge is 0.383 e. The molecule has 0 aromatic heterocycles. The highest BCUT2D eigenvalue weighted by Gasteiger charge is 2.24. The second-order valence-corrected chi connectivity index (χ2v) is 4.82. The van der Waals surface area contributed by atoms with Crippen molar-refractivity contribution in [2.45, 2.75) is 25.4 Å². The second kappa shape index (κ2) is 6.54. The lowest BCUT2D eigenvalue weighted by atomic mass is 10.1. The van der Waals surface area contributed by atoms with Gasteiger partial charge in [0.25, 0.3) is 0 Å². The molecule has 1 atom stereocenters. The van der Waals surface area contributed by atoms with Crippen molar-refractivity contribution in [1.82, 2.24) is 4.90 Å². The number of ether oxygens (including phenoxy) is 1. The van der Waals surface area contributed by atoms with Gasteiger partial charge in [-0.15, -0.1) is 4.91 Å². The first-order valence-electron chi connectivity index (χ1n) is 6.43. The Balaban J connectivity index is 2.10. The van der Waals surface area contributed by atoms with Crippen LogP contribution in [0.4, 0.5) is 5.69 Å². The Hall–Kier alpha value is -1.59. The van der Waals surface area contributed by atoms with Crippen LogP contribution in [-0.4, -0.2) is 37.5 Å². The minimum absolute atomic E-state index is 0.202. The summed E-state index contributed by atoms with van der Waals surface area (Å²) < 4.78 is 5.22. The van der Waals surface area contributed by atoms with Crippen molar-refractivity contribution in [3.63, 3.8) is 0 Å². The molecule has 0 amide bonds. The Morgan fingerprint density at radius 1 is 1.53 bits per heavy atom. The number of benzene rings is 1. The maximum Gasteiger partial charge on any atom is 0.152 e. The number of nitrogens with zero attached hydrogens (tertiary/aromatic N) is 2. The number of carbonyl (C=O) groups excluding carboxylic acids is 1. The predicted octanol–water partition coefficient (Wildman–Crippen LogP) is 2.51. The maximum absolute atomic E-state index is 10.9. The molecule has 0 N–H and O–H groups in total. The van der Waals surface area contributed by atoms with Crippen molar-refractivity contribution in [1.29, 1.82) is 0 Å². The van der Waals surface area contributed by atoms with Gasteiger partial charge in [-0.3, -0.25) is 9.69 Å². The van der Waals surface area contributed by atoms with Gasteiger partial charge in [0.1, 0.15) is 5.69 Å². The molecule has 1 saturated heterocycles. The van der Waals surface area contributed by atoms with Gasteiger partial charge in [-0.2, -0.15) is 0 Å². The van der Waals surface area contributed by atoms with Gasteiger partial charge in [-0.25, -0.2) is 0 Å². The van der Waals surface area contributed by atoms with Crippen LogP contribution in [-0.2, 0) is 11.3 Å². The van der Waals surface area contributed by atoms with E-state index in [1.165, 1.54) is 6.42 Å². The molecule has 102 valence electrons. The fraction of sp³-hybridized carbons (Fsp3) is 0.500. The summed E-state index contributed by atoms with van der Waals surface area (Å²) >= 11 is 0. The molecule has 0 saturated carbocycles. The molecule has 1 aromatic rings. The Morgan fingerprint density at radius 3 is 3.05 bits per heavy atom. The van der Waals surface area contributed by atoms with E-state index in [0.717, 1.165) is 31.7 Å². The molecule has 2 rings (SSSR count). The fourth-order valence-electron chi connectivity index (χ4n) is 2.60. The molecule has 0 unspecified atom stereocenters. The lowest BCUT2D eigenvalue weighted by Crippen LogP contribution is -2.32. The SMILES string of the molecule is COC[C@H]1CCCN1Cc1ccc(N=O)c(C=O)c1. The van der Waals surface area contributed by atoms with E-state index in [0.29, 0.717) is 17.9 Å². The molecule has 1 fully saturated rings. The number of hydrogen-bond acceptors (Lipinski definition) is 5. The van der Waals surface area contributed by atoms with E-state index in [1.807, 2.05) is 6.07 Å². The minimum Gasteiger partial charge on any atom is -0.383 e. The van der Waals surface area contributed by atoms with Crippen LogP contribution >= 0.6 is 0 Å². The molecule has 1 aromatic carbocycles. The summed E-state index contributed by atoms with van der Waals surface area (Å²) in [5.74, 6) is 0. The first-order valence-corrected chi connectivity index (χ1v) is 6.43. The lowest BCUT2D eigenvalue weighted by Gasteiger charge is -2.23. The highest BCUT2D eigenvalue weighted by molar-refractivity contribution is 5.83. The highest BCUT2D eigenvalue weighted by Crippen LogP contribution is 2.23. The van der Waals surface area contributed by atoms with Gasteiger partial charge < -0.3 is 4.74 Å². The smallest absolute Gasteiger partial charge is 0.152 e. The number of hydrogen-bond donors (Lipinski definition) is 0. The van der Waals surface area contributed by atoms with Crippen molar-refractivity contribution in [2.24, 2.45) is 5.18 Å². The lowest BCUT2D eigenvalue weighted by molar-refractivity contribution is 0.111. The van der Waals surface area contributed by atoms with Crippen molar-refractivity contribution in [3.05, 3.63) is 34.2 Å². The monoisotopic (exact) mass is 262 g/mol. The summed E-state index contributed by atoms with van der Waals surface area (Å²) in [7, 11) is 1.71. The average molecular weight is 262 g/mol. The van der Waals surface area contributed by atoms with Gasteiger partial charge in [0.15, 0.2) is 6.29 Å². The number of nitroso groups, excluding NO2 is 1. The average Bonchev–Trinajstić information content (AvgIpc) is 2.86. The summed E-state index contributed by atoms with van der Waals surface area (Å²) in [6, 6.07) is 5.64. The van der Waals surface area contributed by atoms with E-state index in [4.69, 9.17) is 4.74 Å². The van der Waals surface area contributed by atoms with Crippen LogP contribution in [0.3, 0.4) is 0 Å². The van der Waals surface area contributed by atoms with Gasteiger partial charge in [0.2, 0.25) is 0 Å². The van der Waals surface area contributed by atoms with E-state index in [-0.39, 0.29) is 5.69 Å². The van der Waals surface area contributed by atoms with Gasteiger partial charge in [0.05, 0.1) is 6.61 Å². The van der Waals surface area contributed by atoms with Crippen LogP contribution in [0.5, 0.6) is 0 Å². The van der Waals surface area contributed by atoms with Crippen molar-refractivity contribution < 1.29 is 9.53 Å². The molecule has 1 aliphatic rings. The number of aldehydes is 1. The zero-order valence-corrected chi connectivity index (χ0v) is 11.0. The third-order valence-electron chi connectivity index (χ3n) is 3.56. The number of likely N-dealkylation sites (tertiary alicyclic amines) is 1. The number of carbonyl (C=O) groups is 1. The van der Waals surface area contributed by atoms with Gasteiger partial charge in [0, 0.05) is 25.3 Å². The molecule has 0 bridgehead atoms.